The number of hydrogen-bond donors (Lipinski definition) is 2. The molecule has 0 aromatic heterocycles. The van der Waals surface area contributed by atoms with Crippen molar-refractivity contribution in [3.8, 4) is 0 Å². The quantitative estimate of drug-likeness (QED) is 0.402. The van der Waals surface area contributed by atoms with E-state index in [2.05, 4.69) is 5.32 Å². The van der Waals surface area contributed by atoms with Crippen molar-refractivity contribution in [2.45, 2.75) is 43.4 Å². The van der Waals surface area contributed by atoms with Gasteiger partial charge in [-0.3, -0.25) is 18.7 Å². The van der Waals surface area contributed by atoms with Gasteiger partial charge in [0.1, 0.15) is 17.1 Å². The van der Waals surface area contributed by atoms with E-state index in [4.69, 9.17) is 8.92 Å². The molecule has 2 amide bonds. The molecule has 2 N–H and O–H groups in total. The zero-order valence-electron chi connectivity index (χ0n) is 17.4. The Bertz CT molecular complexity index is 1120. The number of amides is 2. The predicted octanol–water partition coefficient (Wildman–Crippen LogP) is 0.998. The number of thioether (sulfide) groups is 1. The van der Waals surface area contributed by atoms with Crippen molar-refractivity contribution < 1.29 is 36.8 Å². The largest absolute Gasteiger partial charge is 0.477 e. The average molecular weight is 483 g/mol. The molecule has 32 heavy (non-hydrogen) atoms. The molecule has 3 heterocycles. The van der Waals surface area contributed by atoms with Crippen LogP contribution in [0.2, 0.25) is 0 Å². The molecular formula is C20H22N2O8S2. The number of ether oxygens (including phenoxy) is 1. The number of carbonyl (C=O) groups excluding carboxylic acids is 2. The van der Waals surface area contributed by atoms with E-state index < -0.39 is 44.6 Å². The first kappa shape index (κ1) is 22.6. The summed E-state index contributed by atoms with van der Waals surface area (Å²) in [5.74, 6) is -2.29. The van der Waals surface area contributed by atoms with Crippen LogP contribution in [0.1, 0.15) is 26.7 Å². The molecule has 0 bridgehead atoms. The van der Waals surface area contributed by atoms with Crippen molar-refractivity contribution in [1.82, 2.24) is 10.2 Å². The molecule has 3 atom stereocenters. The van der Waals surface area contributed by atoms with E-state index in [9.17, 15) is 27.9 Å². The Kier molecular flexibility index (Phi) is 5.94. The number of carboxylic acid groups (broad SMARTS) is 1. The summed E-state index contributed by atoms with van der Waals surface area (Å²) in [5, 5.41) is 9.75. The average Bonchev–Trinajstić information content (AvgIpc) is 3.15. The van der Waals surface area contributed by atoms with Gasteiger partial charge in [0.25, 0.3) is 16.0 Å². The number of fused-ring (bicyclic) bond motifs is 2. The summed E-state index contributed by atoms with van der Waals surface area (Å²) >= 11 is 1.32. The number of aliphatic carboxylic acids is 1. The number of carbonyl (C=O) groups is 3. The molecule has 1 aliphatic carbocycles. The van der Waals surface area contributed by atoms with Gasteiger partial charge in [0, 0.05) is 5.75 Å². The Morgan fingerprint density at radius 2 is 2.16 bits per heavy atom. The van der Waals surface area contributed by atoms with Crippen LogP contribution in [0.15, 0.2) is 46.6 Å². The fourth-order valence-electron chi connectivity index (χ4n) is 4.28. The van der Waals surface area contributed by atoms with Crippen molar-refractivity contribution >= 4 is 39.7 Å². The molecule has 0 saturated carbocycles. The maximum atomic E-state index is 13.2. The normalized spacial score (nSPS) is 25.5. The lowest BCUT2D eigenvalue weighted by atomic mass is 10.0. The van der Waals surface area contributed by atoms with Gasteiger partial charge in [-0.15, -0.1) is 11.8 Å². The maximum absolute atomic E-state index is 13.2. The highest BCUT2D eigenvalue weighted by molar-refractivity contribution is 8.00. The topological polar surface area (TPSA) is 139 Å². The second-order valence-corrected chi connectivity index (χ2v) is 10.4. The van der Waals surface area contributed by atoms with E-state index in [0.29, 0.717) is 35.3 Å². The molecular weight excluding hydrogens is 460 g/mol. The van der Waals surface area contributed by atoms with Gasteiger partial charge in [0.05, 0.1) is 19.1 Å². The van der Waals surface area contributed by atoms with Gasteiger partial charge < -0.3 is 15.2 Å². The van der Waals surface area contributed by atoms with Crippen LogP contribution in [0, 0.1) is 0 Å². The lowest BCUT2D eigenvalue weighted by Gasteiger charge is -2.49. The molecule has 10 nitrogen and oxygen atoms in total. The highest BCUT2D eigenvalue weighted by Crippen LogP contribution is 2.41. The van der Waals surface area contributed by atoms with Crippen LogP contribution < -0.4 is 5.32 Å². The minimum absolute atomic E-state index is 0.0921. The summed E-state index contributed by atoms with van der Waals surface area (Å²) in [6.45, 7) is 3.00. The van der Waals surface area contributed by atoms with Crippen LogP contribution >= 0.6 is 11.8 Å². The van der Waals surface area contributed by atoms with Gasteiger partial charge in [-0.25, -0.2) is 4.79 Å². The molecule has 172 valence electrons. The first-order chi connectivity index (χ1) is 15.2. The molecule has 3 aliphatic heterocycles. The predicted molar refractivity (Wildman–Crippen MR) is 114 cm³/mol. The molecule has 0 aromatic carbocycles. The van der Waals surface area contributed by atoms with E-state index in [0.717, 1.165) is 10.5 Å². The Morgan fingerprint density at radius 3 is 2.84 bits per heavy atom. The van der Waals surface area contributed by atoms with Crippen LogP contribution in [0.4, 0.5) is 0 Å². The lowest BCUT2D eigenvalue weighted by molar-refractivity contribution is -0.150. The number of allylic oxidation sites excluding steroid dienone is 3. The monoisotopic (exact) mass is 482 g/mol. The molecule has 0 aromatic rings. The molecule has 1 fully saturated rings. The summed E-state index contributed by atoms with van der Waals surface area (Å²) in [7, 11) is -4.32. The molecule has 0 spiro atoms. The van der Waals surface area contributed by atoms with E-state index in [-0.39, 0.29) is 12.3 Å². The van der Waals surface area contributed by atoms with Crippen LogP contribution in [-0.2, 0) is 33.4 Å². The summed E-state index contributed by atoms with van der Waals surface area (Å²) in [6, 6.07) is -1.03. The lowest BCUT2D eigenvalue weighted by Crippen LogP contribution is -2.71. The molecule has 4 rings (SSSR count). The fourth-order valence-corrected chi connectivity index (χ4v) is 6.96. The number of rotatable bonds is 7. The second-order valence-electron chi connectivity index (χ2n) is 7.63. The third-order valence-electron chi connectivity index (χ3n) is 5.66. The molecule has 4 aliphatic rings. The second kappa shape index (κ2) is 8.41. The molecule has 3 unspecified atom stereocenters. The van der Waals surface area contributed by atoms with Crippen LogP contribution in [0.5, 0.6) is 0 Å². The number of carboxylic acids is 1. The number of nitrogens with zero attached hydrogens (tertiary/aromatic N) is 1. The number of hydrogen-bond acceptors (Lipinski definition) is 8. The fraction of sp³-hybridized carbons (Fsp3) is 0.450. The zero-order valence-corrected chi connectivity index (χ0v) is 19.0. The van der Waals surface area contributed by atoms with Gasteiger partial charge in [0.15, 0.2) is 5.25 Å². The van der Waals surface area contributed by atoms with Crippen molar-refractivity contribution in [2.24, 2.45) is 0 Å². The van der Waals surface area contributed by atoms with E-state index in [1.54, 1.807) is 13.0 Å². The number of nitrogens with one attached hydrogen (secondary N) is 1. The Labute approximate surface area is 189 Å². The van der Waals surface area contributed by atoms with Crippen LogP contribution in [-0.4, -0.2) is 65.2 Å². The van der Waals surface area contributed by atoms with Gasteiger partial charge in [-0.1, -0.05) is 0 Å². The third-order valence-corrected chi connectivity index (χ3v) is 8.73. The molecule has 0 radical (unpaired) electrons. The van der Waals surface area contributed by atoms with Crippen molar-refractivity contribution in [1.29, 1.82) is 0 Å². The van der Waals surface area contributed by atoms with E-state index in [1.807, 2.05) is 0 Å². The zero-order chi connectivity index (χ0) is 23.2. The minimum atomic E-state index is -4.32. The Balaban J connectivity index is 1.62. The Hall–Kier alpha value is -2.57. The molecule has 12 heteroatoms. The standard InChI is InChI=1S/C20H22N2O8S2/c1-3-30-32(27,28)16(13-5-4-11-8-29-7-6-12(11)13)17(23)21-14-18(24)22-15(20(25)26)10(2)9-31-19(14)22/h6-8,14,16,19H,3-5,9H2,1-2H3,(H,21,23)(H,25,26). The van der Waals surface area contributed by atoms with Gasteiger partial charge >= 0.3 is 5.97 Å². The first-order valence-corrected chi connectivity index (χ1v) is 12.5. The van der Waals surface area contributed by atoms with Gasteiger partial charge in [-0.05, 0) is 55.1 Å². The summed E-state index contributed by atoms with van der Waals surface area (Å²) in [4.78, 5) is 38.7. The van der Waals surface area contributed by atoms with E-state index in [1.165, 1.54) is 31.2 Å². The summed E-state index contributed by atoms with van der Waals surface area (Å²) in [6.07, 6.45) is 5.37. The number of β-lactam (4-membered cyclic amide) rings is 1. The van der Waals surface area contributed by atoms with Crippen LogP contribution in [0.3, 0.4) is 0 Å². The summed E-state index contributed by atoms with van der Waals surface area (Å²) < 4.78 is 35.9. The highest BCUT2D eigenvalue weighted by Gasteiger charge is 2.55. The van der Waals surface area contributed by atoms with Crippen molar-refractivity contribution in [3.05, 3.63) is 46.6 Å². The first-order valence-electron chi connectivity index (χ1n) is 9.98. The highest BCUT2D eigenvalue weighted by atomic mass is 32.2. The summed E-state index contributed by atoms with van der Waals surface area (Å²) in [5.41, 5.74) is 2.24. The molecule has 1 saturated heterocycles. The Morgan fingerprint density at radius 1 is 1.41 bits per heavy atom. The SMILES string of the molecule is CCOS(=O)(=O)C(C(=O)NC1C(=O)N2C(C(=O)O)=C(C)CSC12)C1=C2C=COC=C2CC1. The smallest absolute Gasteiger partial charge is 0.352 e. The van der Waals surface area contributed by atoms with E-state index >= 15 is 0 Å². The van der Waals surface area contributed by atoms with Gasteiger partial charge in [0.2, 0.25) is 5.91 Å². The third kappa shape index (κ3) is 3.65. The van der Waals surface area contributed by atoms with Crippen molar-refractivity contribution in [2.75, 3.05) is 12.4 Å². The maximum Gasteiger partial charge on any atom is 0.352 e. The minimum Gasteiger partial charge on any atom is -0.477 e. The van der Waals surface area contributed by atoms with Gasteiger partial charge in [-0.2, -0.15) is 8.42 Å². The van der Waals surface area contributed by atoms with Crippen molar-refractivity contribution in [3.63, 3.8) is 0 Å². The van der Waals surface area contributed by atoms with Crippen LogP contribution in [0.25, 0.3) is 0 Å².